The fourth-order valence-corrected chi connectivity index (χ4v) is 7.53. The summed E-state index contributed by atoms with van der Waals surface area (Å²) >= 11 is 0. The van der Waals surface area contributed by atoms with Crippen LogP contribution in [0.5, 0.6) is 0 Å². The molecule has 0 aromatic heterocycles. The average Bonchev–Trinajstić information content (AvgIpc) is 3.28. The van der Waals surface area contributed by atoms with Gasteiger partial charge in [-0.1, -0.05) is 242 Å². The van der Waals surface area contributed by atoms with Crippen molar-refractivity contribution < 1.29 is 28.6 Å². The van der Waals surface area contributed by atoms with Gasteiger partial charge < -0.3 is 14.2 Å². The molecule has 6 nitrogen and oxygen atoms in total. The standard InChI is InChI=1S/C57H100O6/c1-4-7-10-13-16-19-21-23-24-25-26-27-28-29-30-31-32-34-35-38-41-44-47-50-56(59)62-53-54(52-61-55(58)49-46-43-40-37-18-15-12-9-6-3)63-57(60)51-48-45-42-39-36-33-22-20-17-14-11-8-5-2/h7,10,16,19,23-24,26-27,29-30,54H,4-6,8-9,11-15,17-18,20-22,25,28,31-53H2,1-3H3/b10-7-,19-16-,24-23-,27-26-,30-29-. The molecule has 0 aliphatic rings. The molecule has 0 N–H and O–H groups in total. The fraction of sp³-hybridized carbons (Fsp3) is 0.772. The Morgan fingerprint density at radius 2 is 0.619 bits per heavy atom. The summed E-state index contributed by atoms with van der Waals surface area (Å²) in [4.78, 5) is 37.9. The van der Waals surface area contributed by atoms with Crippen LogP contribution in [0.4, 0.5) is 0 Å². The molecule has 0 aromatic rings. The van der Waals surface area contributed by atoms with Gasteiger partial charge >= 0.3 is 17.9 Å². The van der Waals surface area contributed by atoms with Crippen molar-refractivity contribution in [2.45, 2.75) is 271 Å². The number of carbonyl (C=O) groups is 3. The van der Waals surface area contributed by atoms with Gasteiger partial charge in [0.1, 0.15) is 13.2 Å². The van der Waals surface area contributed by atoms with Crippen LogP contribution in [-0.4, -0.2) is 37.2 Å². The molecule has 364 valence electrons. The lowest BCUT2D eigenvalue weighted by atomic mass is 10.0. The van der Waals surface area contributed by atoms with Gasteiger partial charge in [-0.25, -0.2) is 0 Å². The third-order valence-electron chi connectivity index (χ3n) is 11.5. The van der Waals surface area contributed by atoms with Crippen LogP contribution < -0.4 is 0 Å². The van der Waals surface area contributed by atoms with Crippen molar-refractivity contribution in [2.75, 3.05) is 13.2 Å². The second kappa shape index (κ2) is 51.7. The molecule has 0 spiro atoms. The summed E-state index contributed by atoms with van der Waals surface area (Å²) in [6, 6.07) is 0. The first kappa shape index (κ1) is 60.1. The Labute approximate surface area is 390 Å². The molecule has 0 rings (SSSR count). The van der Waals surface area contributed by atoms with Crippen molar-refractivity contribution in [2.24, 2.45) is 0 Å². The molecule has 0 aliphatic heterocycles. The van der Waals surface area contributed by atoms with Crippen LogP contribution >= 0.6 is 0 Å². The highest BCUT2D eigenvalue weighted by Crippen LogP contribution is 2.15. The molecule has 6 heteroatoms. The summed E-state index contributed by atoms with van der Waals surface area (Å²) in [5.74, 6) is -0.881. The number of carbonyl (C=O) groups excluding carboxylic acids is 3. The highest BCUT2D eigenvalue weighted by atomic mass is 16.6. The van der Waals surface area contributed by atoms with Crippen molar-refractivity contribution in [3.8, 4) is 0 Å². The van der Waals surface area contributed by atoms with Crippen LogP contribution in [0.3, 0.4) is 0 Å². The summed E-state index contributed by atoms with van der Waals surface area (Å²) in [7, 11) is 0. The lowest BCUT2D eigenvalue weighted by molar-refractivity contribution is -0.167. The predicted octanol–water partition coefficient (Wildman–Crippen LogP) is 17.6. The summed E-state index contributed by atoms with van der Waals surface area (Å²) in [6.07, 6.45) is 63.5. The number of rotatable bonds is 48. The van der Waals surface area contributed by atoms with E-state index in [1.165, 1.54) is 128 Å². The third kappa shape index (κ3) is 50.0. The zero-order valence-electron chi connectivity index (χ0n) is 41.6. The van der Waals surface area contributed by atoms with Crippen molar-refractivity contribution >= 4 is 17.9 Å². The molecule has 0 aromatic carbocycles. The van der Waals surface area contributed by atoms with Crippen molar-refractivity contribution in [1.29, 1.82) is 0 Å². The molecule has 0 aliphatic carbocycles. The first-order valence-corrected chi connectivity index (χ1v) is 26.8. The molecule has 63 heavy (non-hydrogen) atoms. The van der Waals surface area contributed by atoms with Gasteiger partial charge in [0.2, 0.25) is 0 Å². The van der Waals surface area contributed by atoms with Gasteiger partial charge in [-0.15, -0.1) is 0 Å². The number of unbranched alkanes of at least 4 members (excludes halogenated alkanes) is 27. The van der Waals surface area contributed by atoms with E-state index >= 15 is 0 Å². The Morgan fingerprint density at radius 1 is 0.333 bits per heavy atom. The number of hydrogen-bond donors (Lipinski definition) is 0. The molecular weight excluding hydrogens is 781 g/mol. The first-order valence-electron chi connectivity index (χ1n) is 26.8. The summed E-state index contributed by atoms with van der Waals surface area (Å²) in [6.45, 7) is 6.51. The van der Waals surface area contributed by atoms with E-state index in [1.807, 2.05) is 0 Å². The Hall–Kier alpha value is -2.89. The minimum Gasteiger partial charge on any atom is -0.462 e. The molecule has 0 heterocycles. The van der Waals surface area contributed by atoms with Crippen molar-refractivity contribution in [3.05, 3.63) is 60.8 Å². The smallest absolute Gasteiger partial charge is 0.306 e. The SMILES string of the molecule is CC/C=C\C/C=C\C/C=C\C/C=C\C/C=C\CCCCCCCCCC(=O)OCC(COC(=O)CCCCCCCCCCC)OC(=O)CCCCCCCCCCCCCCC. The first-order chi connectivity index (χ1) is 31.0. The predicted molar refractivity (Wildman–Crippen MR) is 270 cm³/mol. The molecular formula is C57H100O6. The van der Waals surface area contributed by atoms with Gasteiger partial charge in [0, 0.05) is 19.3 Å². The third-order valence-corrected chi connectivity index (χ3v) is 11.5. The Morgan fingerprint density at radius 3 is 0.968 bits per heavy atom. The van der Waals surface area contributed by atoms with Crippen LogP contribution in [-0.2, 0) is 28.6 Å². The van der Waals surface area contributed by atoms with Crippen LogP contribution in [0.1, 0.15) is 265 Å². The number of allylic oxidation sites excluding steroid dienone is 10. The fourth-order valence-electron chi connectivity index (χ4n) is 7.53. The lowest BCUT2D eigenvalue weighted by Crippen LogP contribution is -2.30. The maximum Gasteiger partial charge on any atom is 0.306 e. The van der Waals surface area contributed by atoms with Gasteiger partial charge in [-0.05, 0) is 64.2 Å². The van der Waals surface area contributed by atoms with Gasteiger partial charge in [-0.3, -0.25) is 14.4 Å². The van der Waals surface area contributed by atoms with Gasteiger partial charge in [-0.2, -0.15) is 0 Å². The van der Waals surface area contributed by atoms with Crippen LogP contribution in [0.15, 0.2) is 60.8 Å². The zero-order chi connectivity index (χ0) is 45.8. The van der Waals surface area contributed by atoms with Gasteiger partial charge in [0.25, 0.3) is 0 Å². The quantitative estimate of drug-likeness (QED) is 0.0262. The van der Waals surface area contributed by atoms with E-state index in [2.05, 4.69) is 81.5 Å². The number of hydrogen-bond acceptors (Lipinski definition) is 6. The molecule has 0 fully saturated rings. The maximum absolute atomic E-state index is 12.8. The number of esters is 3. The second-order valence-corrected chi connectivity index (χ2v) is 17.8. The van der Waals surface area contributed by atoms with E-state index < -0.39 is 6.10 Å². The van der Waals surface area contributed by atoms with Crippen LogP contribution in [0.2, 0.25) is 0 Å². The Balaban J connectivity index is 4.26. The van der Waals surface area contributed by atoms with E-state index in [-0.39, 0.29) is 31.1 Å². The van der Waals surface area contributed by atoms with Crippen molar-refractivity contribution in [1.82, 2.24) is 0 Å². The average molecular weight is 881 g/mol. The minimum atomic E-state index is -0.773. The Bertz CT molecular complexity index is 1150. The maximum atomic E-state index is 12.8. The monoisotopic (exact) mass is 881 g/mol. The lowest BCUT2D eigenvalue weighted by Gasteiger charge is -2.18. The summed E-state index contributed by atoms with van der Waals surface area (Å²) in [5, 5.41) is 0. The molecule has 1 atom stereocenters. The van der Waals surface area contributed by atoms with Gasteiger partial charge in [0.05, 0.1) is 0 Å². The molecule has 0 bridgehead atoms. The van der Waals surface area contributed by atoms with E-state index in [1.54, 1.807) is 0 Å². The van der Waals surface area contributed by atoms with E-state index in [0.717, 1.165) is 96.3 Å². The molecule has 0 saturated heterocycles. The van der Waals surface area contributed by atoms with E-state index in [4.69, 9.17) is 14.2 Å². The molecule has 0 radical (unpaired) electrons. The van der Waals surface area contributed by atoms with E-state index in [9.17, 15) is 14.4 Å². The second-order valence-electron chi connectivity index (χ2n) is 17.8. The van der Waals surface area contributed by atoms with Crippen LogP contribution in [0, 0.1) is 0 Å². The summed E-state index contributed by atoms with van der Waals surface area (Å²) < 4.78 is 16.8. The molecule has 0 saturated carbocycles. The topological polar surface area (TPSA) is 78.9 Å². The number of ether oxygens (including phenoxy) is 3. The highest BCUT2D eigenvalue weighted by molar-refractivity contribution is 5.71. The molecule has 0 amide bonds. The normalized spacial score (nSPS) is 12.5. The Kier molecular flexibility index (Phi) is 49.4. The van der Waals surface area contributed by atoms with E-state index in [0.29, 0.717) is 19.3 Å². The summed E-state index contributed by atoms with van der Waals surface area (Å²) in [5.41, 5.74) is 0. The largest absolute Gasteiger partial charge is 0.462 e. The molecule has 1 unspecified atom stereocenters. The van der Waals surface area contributed by atoms with Crippen LogP contribution in [0.25, 0.3) is 0 Å². The highest BCUT2D eigenvalue weighted by Gasteiger charge is 2.19. The van der Waals surface area contributed by atoms with Crippen molar-refractivity contribution in [3.63, 3.8) is 0 Å². The van der Waals surface area contributed by atoms with Gasteiger partial charge in [0.15, 0.2) is 6.10 Å². The zero-order valence-corrected chi connectivity index (χ0v) is 41.6. The minimum absolute atomic E-state index is 0.0744.